The average molecular weight is 194 g/mol. The Hall–Kier alpha value is -1.90. The molecule has 0 atom stereocenters. The molecule has 0 N–H and O–H groups in total. The molecule has 1 heterocycles. The van der Waals surface area contributed by atoms with Gasteiger partial charge in [0.1, 0.15) is 12.4 Å². The molecule has 0 aliphatic carbocycles. The fourth-order valence-electron chi connectivity index (χ4n) is 0.893. The van der Waals surface area contributed by atoms with E-state index in [9.17, 15) is 4.79 Å². The van der Waals surface area contributed by atoms with Crippen LogP contribution in [0.4, 0.5) is 0 Å². The summed E-state index contributed by atoms with van der Waals surface area (Å²) in [5.74, 6) is -0.171. The molecule has 0 saturated heterocycles. The van der Waals surface area contributed by atoms with Crippen LogP contribution in [0.25, 0.3) is 0 Å². The zero-order valence-corrected chi connectivity index (χ0v) is 7.80. The Morgan fingerprint density at radius 3 is 3.14 bits per heavy atom. The summed E-state index contributed by atoms with van der Waals surface area (Å²) in [6.07, 6.45) is 1.65. The Labute approximate surface area is 81.1 Å². The number of carbonyl (C=O) groups is 1. The number of ether oxygens (including phenoxy) is 1. The second-order valence-corrected chi connectivity index (χ2v) is 2.50. The van der Waals surface area contributed by atoms with Gasteiger partial charge in [0.15, 0.2) is 0 Å². The molecule has 0 aliphatic heterocycles. The van der Waals surface area contributed by atoms with Crippen LogP contribution in [-0.2, 0) is 16.1 Å². The lowest BCUT2D eigenvalue weighted by Crippen LogP contribution is -2.09. The Morgan fingerprint density at radius 1 is 1.79 bits per heavy atom. The number of nitrogens with zero attached hydrogens (tertiary/aromatic N) is 4. The first-order chi connectivity index (χ1) is 6.76. The normalized spacial score (nSPS) is 9.43. The van der Waals surface area contributed by atoms with Crippen molar-refractivity contribution in [2.45, 2.75) is 19.9 Å². The van der Waals surface area contributed by atoms with Crippen molar-refractivity contribution in [1.29, 1.82) is 5.26 Å². The van der Waals surface area contributed by atoms with E-state index in [0.717, 1.165) is 0 Å². The number of hydrogen-bond donors (Lipinski definition) is 0. The average Bonchev–Trinajstić information content (AvgIpc) is 2.63. The Kier molecular flexibility index (Phi) is 3.61. The van der Waals surface area contributed by atoms with E-state index in [-0.39, 0.29) is 18.2 Å². The summed E-state index contributed by atoms with van der Waals surface area (Å²) in [7, 11) is 0. The topological polar surface area (TPSA) is 80.8 Å². The van der Waals surface area contributed by atoms with E-state index in [2.05, 4.69) is 10.1 Å². The lowest BCUT2D eigenvalue weighted by molar-refractivity contribution is -0.143. The molecule has 0 aliphatic rings. The van der Waals surface area contributed by atoms with Crippen molar-refractivity contribution < 1.29 is 9.53 Å². The molecule has 1 rings (SSSR count). The highest BCUT2D eigenvalue weighted by molar-refractivity contribution is 5.69. The first-order valence-electron chi connectivity index (χ1n) is 4.21. The molecule has 0 fully saturated rings. The fourth-order valence-corrected chi connectivity index (χ4v) is 0.893. The second kappa shape index (κ2) is 4.97. The van der Waals surface area contributed by atoms with Crippen molar-refractivity contribution in [3.8, 4) is 6.07 Å². The zero-order chi connectivity index (χ0) is 10.4. The van der Waals surface area contributed by atoms with Gasteiger partial charge in [-0.1, -0.05) is 0 Å². The van der Waals surface area contributed by atoms with E-state index in [1.807, 2.05) is 0 Å². The first kappa shape index (κ1) is 10.2. The number of nitriles is 1. The van der Waals surface area contributed by atoms with Gasteiger partial charge in [0, 0.05) is 0 Å². The lowest BCUT2D eigenvalue weighted by Gasteiger charge is -2.00. The van der Waals surface area contributed by atoms with Gasteiger partial charge in [0.25, 0.3) is 5.82 Å². The molecule has 0 saturated carbocycles. The van der Waals surface area contributed by atoms with Crippen LogP contribution in [0, 0.1) is 11.3 Å². The van der Waals surface area contributed by atoms with Crippen molar-refractivity contribution in [1.82, 2.24) is 14.8 Å². The summed E-state index contributed by atoms with van der Waals surface area (Å²) >= 11 is 0. The number of rotatable bonds is 4. The number of carbonyl (C=O) groups excluding carboxylic acids is 1. The fraction of sp³-hybridized carbons (Fsp3) is 0.500. The largest absolute Gasteiger partial charge is 0.466 e. The predicted octanol–water partition coefficient (Wildman–Crippen LogP) is 0.103. The summed E-state index contributed by atoms with van der Waals surface area (Å²) in [5.41, 5.74) is 0. The van der Waals surface area contributed by atoms with Gasteiger partial charge in [-0.3, -0.25) is 9.48 Å². The summed E-state index contributed by atoms with van der Waals surface area (Å²) in [4.78, 5) is 14.6. The summed E-state index contributed by atoms with van der Waals surface area (Å²) in [6.45, 7) is 2.51. The van der Waals surface area contributed by atoms with E-state index in [0.29, 0.717) is 13.2 Å². The van der Waals surface area contributed by atoms with Gasteiger partial charge in [-0.15, -0.1) is 5.10 Å². The number of hydrogen-bond acceptors (Lipinski definition) is 5. The van der Waals surface area contributed by atoms with E-state index in [1.165, 1.54) is 11.0 Å². The van der Waals surface area contributed by atoms with E-state index >= 15 is 0 Å². The molecular formula is C8H10N4O2. The van der Waals surface area contributed by atoms with Crippen LogP contribution in [0.2, 0.25) is 0 Å². The SMILES string of the molecule is CCOC(=O)CCn1cnc(C#N)n1. The van der Waals surface area contributed by atoms with Crippen LogP contribution in [-0.4, -0.2) is 27.3 Å². The van der Waals surface area contributed by atoms with Crippen LogP contribution < -0.4 is 0 Å². The molecule has 0 aromatic carbocycles. The van der Waals surface area contributed by atoms with Crippen molar-refractivity contribution in [2.24, 2.45) is 0 Å². The van der Waals surface area contributed by atoms with Gasteiger partial charge >= 0.3 is 5.97 Å². The van der Waals surface area contributed by atoms with Crippen LogP contribution in [0.5, 0.6) is 0 Å². The van der Waals surface area contributed by atoms with Gasteiger partial charge in [-0.25, -0.2) is 4.98 Å². The maximum Gasteiger partial charge on any atom is 0.307 e. The summed E-state index contributed by atoms with van der Waals surface area (Å²) in [5, 5.41) is 12.2. The monoisotopic (exact) mass is 194 g/mol. The van der Waals surface area contributed by atoms with Gasteiger partial charge in [0.2, 0.25) is 0 Å². The third kappa shape index (κ3) is 2.86. The Bertz CT molecular complexity index is 352. The highest BCUT2D eigenvalue weighted by atomic mass is 16.5. The quantitative estimate of drug-likeness (QED) is 0.635. The number of aryl methyl sites for hydroxylation is 1. The maximum absolute atomic E-state index is 10.9. The second-order valence-electron chi connectivity index (χ2n) is 2.50. The van der Waals surface area contributed by atoms with Crippen LogP contribution in [0.1, 0.15) is 19.2 Å². The van der Waals surface area contributed by atoms with Crippen LogP contribution in [0.15, 0.2) is 6.33 Å². The van der Waals surface area contributed by atoms with Gasteiger partial charge in [0.05, 0.1) is 19.6 Å². The van der Waals surface area contributed by atoms with Crippen molar-refractivity contribution in [2.75, 3.05) is 6.61 Å². The van der Waals surface area contributed by atoms with Crippen LogP contribution >= 0.6 is 0 Å². The predicted molar refractivity (Wildman–Crippen MR) is 46.0 cm³/mol. The van der Waals surface area contributed by atoms with Crippen LogP contribution in [0.3, 0.4) is 0 Å². The molecule has 0 bridgehead atoms. The van der Waals surface area contributed by atoms with Gasteiger partial charge in [-0.05, 0) is 6.92 Å². The van der Waals surface area contributed by atoms with Crippen molar-refractivity contribution in [3.05, 3.63) is 12.2 Å². The number of aromatic nitrogens is 3. The molecule has 1 aromatic heterocycles. The minimum atomic E-state index is -0.276. The molecule has 1 aromatic rings. The maximum atomic E-state index is 10.9. The zero-order valence-electron chi connectivity index (χ0n) is 7.80. The molecule has 0 radical (unpaired) electrons. The first-order valence-corrected chi connectivity index (χ1v) is 4.21. The molecule has 6 nitrogen and oxygen atoms in total. The molecule has 14 heavy (non-hydrogen) atoms. The molecule has 74 valence electrons. The third-order valence-electron chi connectivity index (χ3n) is 1.49. The van der Waals surface area contributed by atoms with E-state index in [4.69, 9.17) is 10.00 Å². The highest BCUT2D eigenvalue weighted by Crippen LogP contribution is 1.93. The van der Waals surface area contributed by atoms with Gasteiger partial charge in [-0.2, -0.15) is 5.26 Å². The molecule has 6 heteroatoms. The summed E-state index contributed by atoms with van der Waals surface area (Å²) in [6, 6.07) is 1.80. The molecular weight excluding hydrogens is 184 g/mol. The summed E-state index contributed by atoms with van der Waals surface area (Å²) < 4.78 is 6.17. The molecule has 0 unspecified atom stereocenters. The van der Waals surface area contributed by atoms with E-state index in [1.54, 1.807) is 13.0 Å². The van der Waals surface area contributed by atoms with Crippen molar-refractivity contribution in [3.63, 3.8) is 0 Å². The third-order valence-corrected chi connectivity index (χ3v) is 1.49. The Balaban J connectivity index is 2.38. The van der Waals surface area contributed by atoms with E-state index < -0.39 is 0 Å². The van der Waals surface area contributed by atoms with Gasteiger partial charge < -0.3 is 4.74 Å². The van der Waals surface area contributed by atoms with Crippen molar-refractivity contribution >= 4 is 5.97 Å². The smallest absolute Gasteiger partial charge is 0.307 e. The highest BCUT2D eigenvalue weighted by Gasteiger charge is 2.03. The Morgan fingerprint density at radius 2 is 2.57 bits per heavy atom. The number of esters is 1. The minimum absolute atomic E-state index is 0.105. The molecule has 0 spiro atoms. The lowest BCUT2D eigenvalue weighted by atomic mass is 10.4. The standard InChI is InChI=1S/C8H10N4O2/c1-2-14-8(13)3-4-12-6-10-7(5-9)11-12/h6H,2-4H2,1H3. The molecule has 0 amide bonds. The minimum Gasteiger partial charge on any atom is -0.466 e.